The van der Waals surface area contributed by atoms with E-state index in [1.807, 2.05) is 54.6 Å². The summed E-state index contributed by atoms with van der Waals surface area (Å²) in [6, 6.07) is 20.3. The fourth-order valence-electron chi connectivity index (χ4n) is 3.48. The van der Waals surface area contributed by atoms with Crippen LogP contribution < -0.4 is 9.88 Å². The van der Waals surface area contributed by atoms with E-state index in [0.29, 0.717) is 27.1 Å². The van der Waals surface area contributed by atoms with Crippen molar-refractivity contribution in [1.29, 1.82) is 0 Å². The van der Waals surface area contributed by atoms with Gasteiger partial charge in [0.1, 0.15) is 5.75 Å². The molecule has 0 unspecified atom stereocenters. The van der Waals surface area contributed by atoms with Crippen molar-refractivity contribution in [2.24, 2.45) is 5.14 Å². The van der Waals surface area contributed by atoms with Crippen molar-refractivity contribution in [3.05, 3.63) is 76.9 Å². The molecule has 0 saturated carbocycles. The lowest BCUT2D eigenvalue weighted by Crippen LogP contribution is -2.14. The standard InChI is InChI=1S/C23H19BrN2O4S/c1-14-22(24)23(30-26-14)21-19(31(25,27)28)13-12-18(15-8-10-17(29-2)11-9-15)20(21)16-6-4-3-5-7-16/h3-13H,1-2H3,(H2,25,27,28). The van der Waals surface area contributed by atoms with E-state index in [0.717, 1.165) is 22.4 Å². The van der Waals surface area contributed by atoms with Crippen LogP contribution in [0.1, 0.15) is 5.69 Å². The Morgan fingerprint density at radius 2 is 1.61 bits per heavy atom. The van der Waals surface area contributed by atoms with E-state index in [1.54, 1.807) is 20.1 Å². The number of halogens is 1. The zero-order valence-electron chi connectivity index (χ0n) is 16.8. The van der Waals surface area contributed by atoms with Crippen LogP contribution in [-0.4, -0.2) is 20.7 Å². The van der Waals surface area contributed by atoms with Crippen molar-refractivity contribution in [2.75, 3.05) is 7.11 Å². The highest BCUT2D eigenvalue weighted by Crippen LogP contribution is 2.46. The summed E-state index contributed by atoms with van der Waals surface area (Å²) in [7, 11) is -2.45. The molecule has 158 valence electrons. The summed E-state index contributed by atoms with van der Waals surface area (Å²) in [6.07, 6.45) is 0. The van der Waals surface area contributed by atoms with E-state index in [-0.39, 0.29) is 4.90 Å². The Labute approximate surface area is 188 Å². The maximum atomic E-state index is 12.5. The number of hydrogen-bond donors (Lipinski definition) is 1. The lowest BCUT2D eigenvalue weighted by atomic mass is 9.89. The first-order chi connectivity index (χ1) is 14.8. The van der Waals surface area contributed by atoms with Crippen LogP contribution in [0.15, 0.2) is 80.6 Å². The number of benzene rings is 3. The number of methoxy groups -OCH3 is 1. The Kier molecular flexibility index (Phi) is 5.70. The number of ether oxygens (including phenoxy) is 1. The number of sulfonamides is 1. The van der Waals surface area contributed by atoms with Gasteiger partial charge in [0, 0.05) is 11.1 Å². The summed E-state index contributed by atoms with van der Waals surface area (Å²) >= 11 is 3.49. The largest absolute Gasteiger partial charge is 0.497 e. The summed E-state index contributed by atoms with van der Waals surface area (Å²) in [5.41, 5.74) is 4.15. The molecular weight excluding hydrogens is 480 g/mol. The third-order valence-electron chi connectivity index (χ3n) is 4.96. The monoisotopic (exact) mass is 498 g/mol. The van der Waals surface area contributed by atoms with Crippen LogP contribution in [-0.2, 0) is 10.0 Å². The van der Waals surface area contributed by atoms with Crippen LogP contribution in [0.25, 0.3) is 33.6 Å². The minimum absolute atomic E-state index is 0.0412. The Balaban J connectivity index is 2.15. The molecule has 0 bridgehead atoms. The zero-order chi connectivity index (χ0) is 22.2. The number of nitrogens with two attached hydrogens (primary N) is 1. The van der Waals surface area contributed by atoms with Crippen LogP contribution in [0.4, 0.5) is 0 Å². The maximum Gasteiger partial charge on any atom is 0.238 e. The van der Waals surface area contributed by atoms with E-state index in [1.165, 1.54) is 6.07 Å². The SMILES string of the molecule is COc1ccc(-c2ccc(S(N)(=O)=O)c(-c3onc(C)c3Br)c2-c2ccccc2)cc1. The van der Waals surface area contributed by atoms with Gasteiger partial charge in [0.2, 0.25) is 10.0 Å². The molecule has 2 N–H and O–H groups in total. The maximum absolute atomic E-state index is 12.5. The van der Waals surface area contributed by atoms with Gasteiger partial charge in [-0.3, -0.25) is 0 Å². The second kappa shape index (κ2) is 8.30. The summed E-state index contributed by atoms with van der Waals surface area (Å²) in [5.74, 6) is 1.02. The molecule has 1 heterocycles. The van der Waals surface area contributed by atoms with Gasteiger partial charge in [0.15, 0.2) is 5.76 Å². The Morgan fingerprint density at radius 1 is 0.935 bits per heavy atom. The molecule has 0 aliphatic carbocycles. The highest BCUT2D eigenvalue weighted by Gasteiger charge is 2.28. The fraction of sp³-hybridized carbons (Fsp3) is 0.0870. The molecule has 0 radical (unpaired) electrons. The van der Waals surface area contributed by atoms with Crippen molar-refractivity contribution in [2.45, 2.75) is 11.8 Å². The van der Waals surface area contributed by atoms with Crippen LogP contribution in [0.3, 0.4) is 0 Å². The highest BCUT2D eigenvalue weighted by atomic mass is 79.9. The van der Waals surface area contributed by atoms with Crippen LogP contribution in [0.5, 0.6) is 5.75 Å². The quantitative estimate of drug-likeness (QED) is 0.397. The lowest BCUT2D eigenvalue weighted by molar-refractivity contribution is 0.415. The van der Waals surface area contributed by atoms with E-state index in [2.05, 4.69) is 21.1 Å². The van der Waals surface area contributed by atoms with Gasteiger partial charge in [-0.2, -0.15) is 0 Å². The molecule has 4 rings (SSSR count). The molecule has 0 saturated heterocycles. The Morgan fingerprint density at radius 3 is 2.16 bits per heavy atom. The summed E-state index contributed by atoms with van der Waals surface area (Å²) in [4.78, 5) is -0.0412. The molecule has 31 heavy (non-hydrogen) atoms. The normalized spacial score (nSPS) is 11.5. The van der Waals surface area contributed by atoms with Crippen LogP contribution >= 0.6 is 15.9 Å². The van der Waals surface area contributed by atoms with E-state index >= 15 is 0 Å². The summed E-state index contributed by atoms with van der Waals surface area (Å²) < 4.78 is 36.5. The molecule has 0 amide bonds. The minimum Gasteiger partial charge on any atom is -0.497 e. The second-order valence-corrected chi connectivity index (χ2v) is 9.23. The van der Waals surface area contributed by atoms with Crippen LogP contribution in [0.2, 0.25) is 0 Å². The number of hydrogen-bond acceptors (Lipinski definition) is 5. The average Bonchev–Trinajstić information content (AvgIpc) is 3.11. The first kappa shape index (κ1) is 21.3. The molecule has 0 spiro atoms. The first-order valence-electron chi connectivity index (χ1n) is 9.33. The average molecular weight is 499 g/mol. The molecular formula is C23H19BrN2O4S. The predicted molar refractivity (Wildman–Crippen MR) is 123 cm³/mol. The third-order valence-corrected chi connectivity index (χ3v) is 6.84. The van der Waals surface area contributed by atoms with Gasteiger partial charge in [0.25, 0.3) is 0 Å². The predicted octanol–water partition coefficient (Wildman–Crippen LogP) is 5.40. The van der Waals surface area contributed by atoms with Crippen molar-refractivity contribution < 1.29 is 17.7 Å². The van der Waals surface area contributed by atoms with Crippen molar-refractivity contribution in [3.8, 4) is 39.3 Å². The summed E-state index contributed by atoms with van der Waals surface area (Å²) in [6.45, 7) is 1.77. The Hall–Kier alpha value is -2.94. The molecule has 3 aromatic carbocycles. The molecule has 0 aliphatic heterocycles. The first-order valence-corrected chi connectivity index (χ1v) is 11.7. The smallest absolute Gasteiger partial charge is 0.238 e. The van der Waals surface area contributed by atoms with Gasteiger partial charge in [-0.15, -0.1) is 0 Å². The van der Waals surface area contributed by atoms with Gasteiger partial charge in [-0.1, -0.05) is 53.7 Å². The zero-order valence-corrected chi connectivity index (χ0v) is 19.2. The number of primary sulfonamides is 1. The second-order valence-electron chi connectivity index (χ2n) is 6.91. The molecule has 8 heteroatoms. The molecule has 4 aromatic rings. The van der Waals surface area contributed by atoms with Crippen molar-refractivity contribution >= 4 is 26.0 Å². The molecule has 0 atom stereocenters. The van der Waals surface area contributed by atoms with E-state index in [4.69, 9.17) is 14.4 Å². The van der Waals surface area contributed by atoms with Gasteiger partial charge in [-0.05, 0) is 57.7 Å². The minimum atomic E-state index is -4.06. The van der Waals surface area contributed by atoms with Gasteiger partial charge in [0.05, 0.1) is 22.2 Å². The topological polar surface area (TPSA) is 95.4 Å². The third kappa shape index (κ3) is 4.01. The molecule has 1 aromatic heterocycles. The van der Waals surface area contributed by atoms with Crippen molar-refractivity contribution in [1.82, 2.24) is 5.16 Å². The van der Waals surface area contributed by atoms with Crippen LogP contribution in [0, 0.1) is 6.92 Å². The van der Waals surface area contributed by atoms with E-state index < -0.39 is 10.0 Å². The number of aryl methyl sites for hydroxylation is 1. The van der Waals surface area contributed by atoms with Gasteiger partial charge in [-0.25, -0.2) is 13.6 Å². The highest BCUT2D eigenvalue weighted by molar-refractivity contribution is 9.10. The van der Waals surface area contributed by atoms with E-state index in [9.17, 15) is 8.42 Å². The number of nitrogens with zero attached hydrogens (tertiary/aromatic N) is 1. The Bertz CT molecular complexity index is 1350. The van der Waals surface area contributed by atoms with Gasteiger partial charge >= 0.3 is 0 Å². The van der Waals surface area contributed by atoms with Crippen molar-refractivity contribution in [3.63, 3.8) is 0 Å². The lowest BCUT2D eigenvalue weighted by Gasteiger charge is -2.18. The summed E-state index contributed by atoms with van der Waals surface area (Å²) in [5, 5.41) is 9.61. The van der Waals surface area contributed by atoms with Gasteiger partial charge < -0.3 is 9.26 Å². The molecule has 0 aliphatic rings. The fourth-order valence-corrected chi connectivity index (χ4v) is 4.56. The number of aromatic nitrogens is 1. The molecule has 6 nitrogen and oxygen atoms in total. The number of rotatable bonds is 5. The molecule has 0 fully saturated rings.